The average Bonchev–Trinajstić information content (AvgIpc) is 3.35. The summed E-state index contributed by atoms with van der Waals surface area (Å²) in [4.78, 5) is 24.8. The van der Waals surface area contributed by atoms with Crippen molar-refractivity contribution in [2.24, 2.45) is 22.7 Å². The lowest BCUT2D eigenvalue weighted by atomic mass is 9.72. The number of halogens is 6. The molecule has 0 aromatic carbocycles. The van der Waals surface area contributed by atoms with Gasteiger partial charge in [-0.25, -0.2) is 0 Å². The molecule has 2 bridgehead atoms. The van der Waals surface area contributed by atoms with Crippen molar-refractivity contribution in [2.45, 2.75) is 125 Å². The third-order valence-electron chi connectivity index (χ3n) is 7.97. The standard InChI is InChI=1S/C22H28F6O6.4CH4/c1-3-12(10-19(2,21(23,24)25)17(29)33-14-6-4-5-7-31-14)32-15-11-8-13-16(15)34-18(30)20(13,9-11)22(26,27)28;;;;/h11-16H,3-10H2,1-2H3;4*1H4. The second-order valence-corrected chi connectivity index (χ2v) is 10.0. The highest BCUT2D eigenvalue weighted by atomic mass is 19.4. The lowest BCUT2D eigenvalue weighted by Crippen LogP contribution is -2.50. The molecule has 4 rings (SSSR count). The Labute approximate surface area is 222 Å². The highest BCUT2D eigenvalue weighted by Crippen LogP contribution is 2.68. The van der Waals surface area contributed by atoms with E-state index in [1.165, 1.54) is 0 Å². The Morgan fingerprint density at radius 1 is 1.11 bits per heavy atom. The van der Waals surface area contributed by atoms with Crippen LogP contribution in [0.3, 0.4) is 0 Å². The number of ether oxygens (including phenoxy) is 4. The van der Waals surface area contributed by atoms with Crippen molar-refractivity contribution in [1.29, 1.82) is 0 Å². The van der Waals surface area contributed by atoms with Crippen LogP contribution in [0.25, 0.3) is 0 Å². The molecule has 2 saturated heterocycles. The van der Waals surface area contributed by atoms with E-state index >= 15 is 0 Å². The van der Waals surface area contributed by atoms with Gasteiger partial charge in [0.15, 0.2) is 10.8 Å². The molecule has 0 radical (unpaired) electrons. The van der Waals surface area contributed by atoms with Gasteiger partial charge in [-0.1, -0.05) is 36.6 Å². The fourth-order valence-corrected chi connectivity index (χ4v) is 5.92. The van der Waals surface area contributed by atoms with Crippen molar-refractivity contribution in [2.75, 3.05) is 6.61 Å². The van der Waals surface area contributed by atoms with E-state index in [1.807, 2.05) is 0 Å². The van der Waals surface area contributed by atoms with Crippen LogP contribution >= 0.6 is 0 Å². The summed E-state index contributed by atoms with van der Waals surface area (Å²) in [5.41, 5.74) is -5.47. The number of fused-ring (bicyclic) bond motifs is 1. The first-order valence-electron chi connectivity index (χ1n) is 11.6. The topological polar surface area (TPSA) is 71.1 Å². The van der Waals surface area contributed by atoms with Crippen LogP contribution in [0.15, 0.2) is 0 Å². The zero-order chi connectivity index (χ0) is 25.1. The van der Waals surface area contributed by atoms with Gasteiger partial charge in [0.2, 0.25) is 6.29 Å². The lowest BCUT2D eigenvalue weighted by molar-refractivity contribution is -0.255. The summed E-state index contributed by atoms with van der Waals surface area (Å²) in [6.07, 6.45) is -13.5. The van der Waals surface area contributed by atoms with Crippen LogP contribution in [0.2, 0.25) is 0 Å². The molecule has 2 saturated carbocycles. The number of hydrogen-bond acceptors (Lipinski definition) is 6. The van der Waals surface area contributed by atoms with E-state index in [4.69, 9.17) is 18.9 Å². The number of hydrogen-bond donors (Lipinski definition) is 0. The minimum Gasteiger partial charge on any atom is -0.459 e. The van der Waals surface area contributed by atoms with Crippen molar-refractivity contribution in [3.63, 3.8) is 0 Å². The fraction of sp³-hybridized carbons (Fsp3) is 0.923. The first-order valence-corrected chi connectivity index (χ1v) is 11.6. The normalized spacial score (nSPS) is 33.9. The van der Waals surface area contributed by atoms with E-state index in [-0.39, 0.29) is 49.2 Å². The third-order valence-corrected chi connectivity index (χ3v) is 7.97. The SMILES string of the molecule is C.C.C.C.CCC(CC(C)(C(=O)OC1CCCCO1)C(F)(F)F)OC1C2CC3C1OC(=O)C3(C(F)(F)F)C2. The van der Waals surface area contributed by atoms with Gasteiger partial charge in [0, 0.05) is 12.3 Å². The van der Waals surface area contributed by atoms with Gasteiger partial charge in [-0.05, 0) is 51.4 Å². The Kier molecular flexibility index (Phi) is 11.8. The quantitative estimate of drug-likeness (QED) is 0.239. The maximum absolute atomic E-state index is 14.1. The number of esters is 2. The molecule has 4 fully saturated rings. The highest BCUT2D eigenvalue weighted by molar-refractivity contribution is 5.82. The van der Waals surface area contributed by atoms with Gasteiger partial charge in [-0.2, -0.15) is 26.3 Å². The van der Waals surface area contributed by atoms with Gasteiger partial charge in [0.25, 0.3) is 0 Å². The van der Waals surface area contributed by atoms with E-state index < -0.39 is 84.4 Å². The summed E-state index contributed by atoms with van der Waals surface area (Å²) in [6, 6.07) is 0. The molecule has 0 amide bonds. The highest BCUT2D eigenvalue weighted by Gasteiger charge is 2.80. The molecule has 8 unspecified atom stereocenters. The maximum Gasteiger partial charge on any atom is 0.405 e. The molecule has 0 N–H and O–H groups in total. The molecule has 2 heterocycles. The van der Waals surface area contributed by atoms with Gasteiger partial charge in [0.1, 0.15) is 6.10 Å². The second kappa shape index (κ2) is 12.3. The fourth-order valence-electron chi connectivity index (χ4n) is 5.92. The van der Waals surface area contributed by atoms with Gasteiger partial charge >= 0.3 is 24.3 Å². The summed E-state index contributed by atoms with van der Waals surface area (Å²) < 4.78 is 105. The predicted octanol–water partition coefficient (Wildman–Crippen LogP) is 7.24. The first kappa shape index (κ1) is 36.4. The molecule has 0 aromatic rings. The van der Waals surface area contributed by atoms with E-state index in [9.17, 15) is 35.9 Å². The smallest absolute Gasteiger partial charge is 0.405 e. The maximum atomic E-state index is 14.1. The van der Waals surface area contributed by atoms with E-state index in [0.717, 1.165) is 13.3 Å². The number of alkyl halides is 6. The summed E-state index contributed by atoms with van der Waals surface area (Å²) in [5.74, 6) is -4.61. The summed E-state index contributed by atoms with van der Waals surface area (Å²) in [5, 5.41) is 0. The Morgan fingerprint density at radius 2 is 1.74 bits per heavy atom. The predicted molar refractivity (Wildman–Crippen MR) is 129 cm³/mol. The lowest BCUT2D eigenvalue weighted by Gasteiger charge is -2.38. The Morgan fingerprint density at radius 3 is 2.24 bits per heavy atom. The van der Waals surface area contributed by atoms with E-state index in [2.05, 4.69) is 0 Å². The van der Waals surface area contributed by atoms with Gasteiger partial charge < -0.3 is 18.9 Å². The molecule has 226 valence electrons. The van der Waals surface area contributed by atoms with Crippen LogP contribution < -0.4 is 0 Å². The summed E-state index contributed by atoms with van der Waals surface area (Å²) >= 11 is 0. The molecule has 0 aromatic heterocycles. The van der Waals surface area contributed by atoms with Crippen LogP contribution in [0.4, 0.5) is 26.3 Å². The van der Waals surface area contributed by atoms with Crippen molar-refractivity contribution in [1.82, 2.24) is 0 Å². The van der Waals surface area contributed by atoms with Gasteiger partial charge in [-0.3, -0.25) is 9.59 Å². The minimum atomic E-state index is -4.96. The second-order valence-electron chi connectivity index (χ2n) is 10.0. The van der Waals surface area contributed by atoms with Gasteiger partial charge in [-0.15, -0.1) is 0 Å². The monoisotopic (exact) mass is 566 g/mol. The molecule has 8 atom stereocenters. The zero-order valence-electron chi connectivity index (χ0n) is 18.8. The molecule has 38 heavy (non-hydrogen) atoms. The third kappa shape index (κ3) is 5.67. The molecular weight excluding hydrogens is 522 g/mol. The van der Waals surface area contributed by atoms with Crippen molar-refractivity contribution in [3.8, 4) is 0 Å². The number of carbonyl (C=O) groups excluding carboxylic acids is 2. The Hall–Kier alpha value is -1.56. The minimum absolute atomic E-state index is 0. The molecule has 2 aliphatic carbocycles. The van der Waals surface area contributed by atoms with Crippen molar-refractivity contribution < 1.29 is 54.9 Å². The van der Waals surface area contributed by atoms with Crippen LogP contribution in [-0.4, -0.2) is 55.5 Å². The van der Waals surface area contributed by atoms with Gasteiger partial charge in [0.05, 0.1) is 18.8 Å². The average molecular weight is 567 g/mol. The zero-order valence-corrected chi connectivity index (χ0v) is 18.8. The molecule has 0 spiro atoms. The van der Waals surface area contributed by atoms with Crippen LogP contribution in [-0.2, 0) is 28.5 Å². The Balaban J connectivity index is 0.00000342. The molecule has 12 heteroatoms. The summed E-state index contributed by atoms with van der Waals surface area (Å²) in [6.45, 7) is 2.57. The number of rotatable bonds is 7. The van der Waals surface area contributed by atoms with Crippen LogP contribution in [0.1, 0.15) is 88.5 Å². The summed E-state index contributed by atoms with van der Waals surface area (Å²) in [7, 11) is 0. The first-order chi connectivity index (χ1) is 15.7. The molecular formula is C26H44F6O6. The molecule has 6 nitrogen and oxygen atoms in total. The van der Waals surface area contributed by atoms with Crippen molar-refractivity contribution in [3.05, 3.63) is 0 Å². The molecule has 4 aliphatic rings. The van der Waals surface area contributed by atoms with E-state index in [1.54, 1.807) is 6.92 Å². The molecule has 2 aliphatic heterocycles. The van der Waals surface area contributed by atoms with Crippen LogP contribution in [0.5, 0.6) is 0 Å². The van der Waals surface area contributed by atoms with Crippen molar-refractivity contribution >= 4 is 11.9 Å². The van der Waals surface area contributed by atoms with E-state index in [0.29, 0.717) is 12.8 Å². The largest absolute Gasteiger partial charge is 0.459 e. The van der Waals surface area contributed by atoms with Crippen LogP contribution in [0, 0.1) is 22.7 Å². The Bertz CT molecular complexity index is 811. The number of carbonyl (C=O) groups is 2.